The molecule has 6 heteroatoms. The topological polar surface area (TPSA) is 95.9 Å². The van der Waals surface area contributed by atoms with E-state index >= 15 is 0 Å². The number of ether oxygens (including phenoxy) is 1. The van der Waals surface area contributed by atoms with Crippen molar-refractivity contribution in [3.63, 3.8) is 0 Å². The van der Waals surface area contributed by atoms with Crippen LogP contribution >= 0.6 is 0 Å². The summed E-state index contributed by atoms with van der Waals surface area (Å²) >= 11 is 0. The van der Waals surface area contributed by atoms with Gasteiger partial charge in [-0.1, -0.05) is 236 Å². The fourth-order valence-corrected chi connectivity index (χ4v) is 8.44. The first-order valence-corrected chi connectivity index (χ1v) is 27.9. The highest BCUT2D eigenvalue weighted by atomic mass is 16.5. The van der Waals surface area contributed by atoms with E-state index in [-0.39, 0.29) is 24.9 Å². The number of hydrogen-bond donors (Lipinski definition) is 3. The molecule has 0 saturated heterocycles. The van der Waals surface area contributed by atoms with Gasteiger partial charge in [0.1, 0.15) is 6.10 Å². The third-order valence-corrected chi connectivity index (χ3v) is 12.6. The summed E-state index contributed by atoms with van der Waals surface area (Å²) in [6.07, 6.45) is 63.1. The van der Waals surface area contributed by atoms with E-state index in [9.17, 15) is 19.8 Å². The second kappa shape index (κ2) is 51.8. The maximum atomic E-state index is 13.2. The van der Waals surface area contributed by atoms with Crippen molar-refractivity contribution in [2.45, 2.75) is 302 Å². The van der Waals surface area contributed by atoms with Gasteiger partial charge in [0.05, 0.1) is 25.2 Å². The summed E-state index contributed by atoms with van der Waals surface area (Å²) in [4.78, 5) is 26.2. The molecule has 0 radical (unpaired) electrons. The van der Waals surface area contributed by atoms with Crippen molar-refractivity contribution in [3.05, 3.63) is 48.6 Å². The molecule has 1 amide bonds. The molecule has 3 N–H and O–H groups in total. The molecule has 0 bridgehead atoms. The molecule has 0 heterocycles. The molecule has 3 unspecified atom stereocenters. The van der Waals surface area contributed by atoms with Crippen LogP contribution in [0.25, 0.3) is 0 Å². The molecule has 0 aliphatic heterocycles. The number of hydrogen-bond acceptors (Lipinski definition) is 5. The summed E-state index contributed by atoms with van der Waals surface area (Å²) in [5.74, 6) is -0.495. The SMILES string of the molecule is CC/C=C/C/C=C/C/C=C/CCCCCCCCC(=O)OC(CCCCC/C=C/CCCCCCCCC)CC(=O)NC(CO)C(O)CCCCCCCCCCCCCCCCC. The van der Waals surface area contributed by atoms with Crippen molar-refractivity contribution in [2.75, 3.05) is 6.61 Å². The molecule has 6 nitrogen and oxygen atoms in total. The summed E-state index contributed by atoms with van der Waals surface area (Å²) in [6.45, 7) is 6.39. The third kappa shape index (κ3) is 46.4. The van der Waals surface area contributed by atoms with Crippen molar-refractivity contribution < 1.29 is 24.5 Å². The van der Waals surface area contributed by atoms with Crippen LogP contribution in [0.15, 0.2) is 48.6 Å². The van der Waals surface area contributed by atoms with Gasteiger partial charge in [-0.15, -0.1) is 0 Å². The number of unbranched alkanes of at least 4 members (excludes halogenated alkanes) is 30. The number of nitrogens with one attached hydrogen (secondary N) is 1. The van der Waals surface area contributed by atoms with Crippen LogP contribution in [0.5, 0.6) is 0 Å². The zero-order valence-corrected chi connectivity index (χ0v) is 42.7. The van der Waals surface area contributed by atoms with Crippen LogP contribution in [0.2, 0.25) is 0 Å². The Labute approximate surface area is 397 Å². The molecule has 0 aromatic heterocycles. The Morgan fingerprint density at radius 3 is 1.31 bits per heavy atom. The molecule has 3 atom stereocenters. The number of rotatable bonds is 50. The standard InChI is InChI=1S/C58H107NO5/c1-4-7-10-13-16-19-22-25-28-30-33-36-39-42-45-48-51-58(63)64-54(49-46-43-40-37-34-31-27-24-21-18-15-12-9-6-3)52-57(62)59-55(53-60)56(61)50-47-44-41-38-35-32-29-26-23-20-17-14-11-8-5-2/h7,10,16,19,25,28,31,34,54-56,60-61H,4-6,8-9,11-15,17-18,20-24,26-27,29-30,32-33,35-53H2,1-3H3,(H,59,62)/b10-7+,19-16+,28-25+,34-31+. The Morgan fingerprint density at radius 2 is 0.844 bits per heavy atom. The second-order valence-corrected chi connectivity index (χ2v) is 19.0. The van der Waals surface area contributed by atoms with E-state index in [4.69, 9.17) is 4.74 Å². The van der Waals surface area contributed by atoms with Gasteiger partial charge in [0.15, 0.2) is 0 Å². The van der Waals surface area contributed by atoms with Crippen molar-refractivity contribution in [1.82, 2.24) is 5.32 Å². The predicted molar refractivity (Wildman–Crippen MR) is 278 cm³/mol. The molecular formula is C58H107NO5. The van der Waals surface area contributed by atoms with Gasteiger partial charge in [-0.3, -0.25) is 9.59 Å². The number of aliphatic hydroxyl groups excluding tert-OH is 2. The van der Waals surface area contributed by atoms with Crippen molar-refractivity contribution in [2.24, 2.45) is 0 Å². The number of aliphatic hydroxyl groups is 2. The van der Waals surface area contributed by atoms with Gasteiger partial charge in [0.2, 0.25) is 5.91 Å². The van der Waals surface area contributed by atoms with E-state index in [1.807, 2.05) is 0 Å². The molecule has 0 spiro atoms. The lowest BCUT2D eigenvalue weighted by atomic mass is 10.0. The minimum atomic E-state index is -0.794. The van der Waals surface area contributed by atoms with E-state index in [0.717, 1.165) is 96.3 Å². The van der Waals surface area contributed by atoms with Crippen LogP contribution in [0.1, 0.15) is 284 Å². The fourth-order valence-electron chi connectivity index (χ4n) is 8.44. The van der Waals surface area contributed by atoms with E-state index in [2.05, 4.69) is 74.7 Å². The number of esters is 1. The highest BCUT2D eigenvalue weighted by Gasteiger charge is 2.24. The monoisotopic (exact) mass is 898 g/mol. The lowest BCUT2D eigenvalue weighted by Gasteiger charge is -2.24. The number of amides is 1. The molecule has 374 valence electrons. The van der Waals surface area contributed by atoms with Crippen molar-refractivity contribution in [3.8, 4) is 0 Å². The summed E-state index contributed by atoms with van der Waals surface area (Å²) < 4.78 is 5.94. The first kappa shape index (κ1) is 61.8. The normalized spacial score (nSPS) is 13.5. The molecule has 0 aromatic carbocycles. The van der Waals surface area contributed by atoms with Crippen molar-refractivity contribution in [1.29, 1.82) is 0 Å². The van der Waals surface area contributed by atoms with Crippen LogP contribution in [0.3, 0.4) is 0 Å². The largest absolute Gasteiger partial charge is 0.462 e. The predicted octanol–water partition coefficient (Wildman–Crippen LogP) is 17.0. The molecule has 0 aromatic rings. The molecule has 0 aliphatic carbocycles. The first-order chi connectivity index (χ1) is 31.5. The Bertz CT molecular complexity index is 1100. The van der Waals surface area contributed by atoms with Crippen LogP contribution in [0.4, 0.5) is 0 Å². The highest BCUT2D eigenvalue weighted by Crippen LogP contribution is 2.18. The Morgan fingerprint density at radius 1 is 0.469 bits per heavy atom. The van der Waals surface area contributed by atoms with Crippen LogP contribution in [-0.4, -0.2) is 46.9 Å². The number of carbonyl (C=O) groups is 2. The molecular weight excluding hydrogens is 791 g/mol. The Kier molecular flexibility index (Phi) is 50.0. The van der Waals surface area contributed by atoms with Crippen LogP contribution < -0.4 is 5.32 Å². The van der Waals surface area contributed by atoms with Gasteiger partial charge in [0, 0.05) is 6.42 Å². The van der Waals surface area contributed by atoms with E-state index in [1.54, 1.807) is 0 Å². The molecule has 0 fully saturated rings. The summed E-state index contributed by atoms with van der Waals surface area (Å²) in [6, 6.07) is -0.709. The summed E-state index contributed by atoms with van der Waals surface area (Å²) in [5, 5.41) is 23.9. The minimum absolute atomic E-state index is 0.0628. The van der Waals surface area contributed by atoms with Gasteiger partial charge in [0.25, 0.3) is 0 Å². The molecule has 0 saturated carbocycles. The minimum Gasteiger partial charge on any atom is -0.462 e. The van der Waals surface area contributed by atoms with Gasteiger partial charge in [-0.05, 0) is 83.5 Å². The zero-order valence-electron chi connectivity index (χ0n) is 42.7. The number of allylic oxidation sites excluding steroid dienone is 8. The maximum absolute atomic E-state index is 13.2. The Balaban J connectivity index is 4.57. The average molecular weight is 898 g/mol. The van der Waals surface area contributed by atoms with E-state index < -0.39 is 18.2 Å². The summed E-state index contributed by atoms with van der Waals surface area (Å²) in [7, 11) is 0. The lowest BCUT2D eigenvalue weighted by molar-refractivity contribution is -0.151. The van der Waals surface area contributed by atoms with Gasteiger partial charge < -0.3 is 20.3 Å². The van der Waals surface area contributed by atoms with Crippen LogP contribution in [-0.2, 0) is 14.3 Å². The van der Waals surface area contributed by atoms with E-state index in [0.29, 0.717) is 19.3 Å². The Hall–Kier alpha value is -2.18. The lowest BCUT2D eigenvalue weighted by Crippen LogP contribution is -2.46. The quantitative estimate of drug-likeness (QED) is 0.0321. The molecule has 64 heavy (non-hydrogen) atoms. The molecule has 0 aliphatic rings. The second-order valence-electron chi connectivity index (χ2n) is 19.0. The third-order valence-electron chi connectivity index (χ3n) is 12.6. The van der Waals surface area contributed by atoms with Crippen LogP contribution in [0, 0.1) is 0 Å². The summed E-state index contributed by atoms with van der Waals surface area (Å²) in [5.41, 5.74) is 0. The maximum Gasteiger partial charge on any atom is 0.306 e. The molecule has 0 rings (SSSR count). The zero-order chi connectivity index (χ0) is 46.7. The highest BCUT2D eigenvalue weighted by molar-refractivity contribution is 5.77. The fraction of sp³-hybridized carbons (Fsp3) is 0.828. The van der Waals surface area contributed by atoms with Gasteiger partial charge >= 0.3 is 5.97 Å². The van der Waals surface area contributed by atoms with Gasteiger partial charge in [-0.2, -0.15) is 0 Å². The average Bonchev–Trinajstić information content (AvgIpc) is 3.29. The van der Waals surface area contributed by atoms with Crippen molar-refractivity contribution >= 4 is 11.9 Å². The first-order valence-electron chi connectivity index (χ1n) is 27.9. The number of carbonyl (C=O) groups excluding carboxylic acids is 2. The van der Waals surface area contributed by atoms with E-state index in [1.165, 1.54) is 141 Å². The van der Waals surface area contributed by atoms with Gasteiger partial charge in [-0.25, -0.2) is 0 Å². The smallest absolute Gasteiger partial charge is 0.306 e.